The van der Waals surface area contributed by atoms with Gasteiger partial charge in [-0.2, -0.15) is 0 Å². The number of amides is 1. The third-order valence-electron chi connectivity index (χ3n) is 5.01. The Bertz CT molecular complexity index is 786. The van der Waals surface area contributed by atoms with Gasteiger partial charge in [-0.25, -0.2) is 4.98 Å². The Morgan fingerprint density at radius 2 is 2.04 bits per heavy atom. The average Bonchev–Trinajstić information content (AvgIpc) is 3.35. The number of carbonyl (C=O) groups is 1. The van der Waals surface area contributed by atoms with Crippen molar-refractivity contribution in [3.05, 3.63) is 39.8 Å². The first kappa shape index (κ1) is 17.3. The van der Waals surface area contributed by atoms with Crippen LogP contribution in [0.1, 0.15) is 53.2 Å². The van der Waals surface area contributed by atoms with Crippen LogP contribution >= 0.6 is 11.3 Å². The van der Waals surface area contributed by atoms with E-state index in [9.17, 15) is 4.79 Å². The first-order valence-corrected chi connectivity index (χ1v) is 9.96. The van der Waals surface area contributed by atoms with Gasteiger partial charge in [0.15, 0.2) is 11.5 Å². The Morgan fingerprint density at radius 3 is 2.81 bits per heavy atom. The predicted octanol–water partition coefficient (Wildman–Crippen LogP) is 3.31. The van der Waals surface area contributed by atoms with Crippen LogP contribution in [-0.4, -0.2) is 28.6 Å². The van der Waals surface area contributed by atoms with E-state index in [-0.39, 0.29) is 18.7 Å². The minimum Gasteiger partial charge on any atom is -0.454 e. The summed E-state index contributed by atoms with van der Waals surface area (Å²) in [4.78, 5) is 19.6. The first-order chi connectivity index (χ1) is 12.7. The van der Waals surface area contributed by atoms with Crippen molar-refractivity contribution in [2.75, 3.05) is 6.79 Å². The third kappa shape index (κ3) is 3.54. The highest BCUT2D eigenvalue weighted by Gasteiger charge is 2.28. The Kier molecular flexibility index (Phi) is 5.08. The molecule has 0 spiro atoms. The Balaban J connectivity index is 1.58. The molecule has 138 valence electrons. The number of aromatic nitrogens is 1. The zero-order chi connectivity index (χ0) is 17.9. The molecule has 7 heteroatoms. The molecule has 0 radical (unpaired) electrons. The molecule has 2 aliphatic rings. The predicted molar refractivity (Wildman–Crippen MR) is 99.3 cm³/mol. The lowest BCUT2D eigenvalue weighted by Gasteiger charge is -2.34. The van der Waals surface area contributed by atoms with Crippen LogP contribution in [-0.2, 0) is 13.1 Å². The number of nitrogens with two attached hydrogens (primary N) is 1. The zero-order valence-electron chi connectivity index (χ0n) is 14.6. The van der Waals surface area contributed by atoms with Crippen molar-refractivity contribution >= 4 is 17.2 Å². The molecule has 1 fully saturated rings. The fourth-order valence-corrected chi connectivity index (χ4v) is 4.29. The molecule has 0 bridgehead atoms. The number of fused-ring (bicyclic) bond motifs is 1. The van der Waals surface area contributed by atoms with E-state index in [0.29, 0.717) is 18.8 Å². The topological polar surface area (TPSA) is 77.7 Å². The smallest absolute Gasteiger partial charge is 0.273 e. The molecule has 26 heavy (non-hydrogen) atoms. The molecule has 2 heterocycles. The van der Waals surface area contributed by atoms with Crippen molar-refractivity contribution in [3.63, 3.8) is 0 Å². The molecule has 1 saturated carbocycles. The van der Waals surface area contributed by atoms with Crippen LogP contribution in [0.25, 0.3) is 0 Å². The summed E-state index contributed by atoms with van der Waals surface area (Å²) in [7, 11) is 0. The van der Waals surface area contributed by atoms with E-state index in [1.165, 1.54) is 30.6 Å². The van der Waals surface area contributed by atoms with Crippen LogP contribution in [0.4, 0.5) is 0 Å². The van der Waals surface area contributed by atoms with Crippen LogP contribution in [0, 0.1) is 0 Å². The molecule has 6 nitrogen and oxygen atoms in total. The maximum Gasteiger partial charge on any atom is 0.273 e. The van der Waals surface area contributed by atoms with Gasteiger partial charge in [-0.05, 0) is 30.5 Å². The maximum absolute atomic E-state index is 13.2. The molecule has 2 N–H and O–H groups in total. The molecule has 1 amide bonds. The van der Waals surface area contributed by atoms with E-state index < -0.39 is 0 Å². The number of hydrogen-bond donors (Lipinski definition) is 1. The van der Waals surface area contributed by atoms with Crippen molar-refractivity contribution in [3.8, 4) is 11.5 Å². The fourth-order valence-electron chi connectivity index (χ4n) is 3.65. The number of rotatable bonds is 5. The largest absolute Gasteiger partial charge is 0.454 e. The Morgan fingerprint density at radius 1 is 1.23 bits per heavy atom. The van der Waals surface area contributed by atoms with Crippen LogP contribution < -0.4 is 15.2 Å². The third-order valence-corrected chi connectivity index (χ3v) is 5.88. The number of ether oxygens (including phenoxy) is 2. The minimum atomic E-state index is -0.00878. The number of carbonyl (C=O) groups excluding carboxylic acids is 1. The van der Waals surface area contributed by atoms with E-state index in [4.69, 9.17) is 15.2 Å². The summed E-state index contributed by atoms with van der Waals surface area (Å²) in [5.41, 5.74) is 7.20. The molecular formula is C19H23N3O3S. The van der Waals surface area contributed by atoms with Gasteiger partial charge in [0.05, 0.1) is 0 Å². The van der Waals surface area contributed by atoms with Gasteiger partial charge in [0, 0.05) is 24.5 Å². The summed E-state index contributed by atoms with van der Waals surface area (Å²) in [6, 6.07) is 6.14. The number of thiazole rings is 1. The van der Waals surface area contributed by atoms with Crippen molar-refractivity contribution < 1.29 is 14.3 Å². The lowest BCUT2D eigenvalue weighted by atomic mass is 9.93. The van der Waals surface area contributed by atoms with Crippen LogP contribution in [0.5, 0.6) is 11.5 Å². The Hall–Kier alpha value is -2.12. The van der Waals surface area contributed by atoms with E-state index in [1.54, 1.807) is 0 Å². The van der Waals surface area contributed by atoms with Crippen molar-refractivity contribution in [2.24, 2.45) is 5.73 Å². The lowest BCUT2D eigenvalue weighted by Crippen LogP contribution is -2.41. The minimum absolute atomic E-state index is 0.00878. The molecule has 2 aromatic rings. The van der Waals surface area contributed by atoms with Gasteiger partial charge in [-0.15, -0.1) is 11.3 Å². The SMILES string of the molecule is NCc1nc(C(=O)N(Cc2ccc3c(c2)OCO3)C2CCCCC2)cs1. The zero-order valence-corrected chi connectivity index (χ0v) is 15.5. The Labute approximate surface area is 156 Å². The normalized spacial score (nSPS) is 16.7. The monoisotopic (exact) mass is 373 g/mol. The van der Waals surface area contributed by atoms with Crippen LogP contribution in [0.3, 0.4) is 0 Å². The van der Waals surface area contributed by atoms with E-state index in [1.807, 2.05) is 28.5 Å². The van der Waals surface area contributed by atoms with Gasteiger partial charge in [0.1, 0.15) is 10.7 Å². The van der Waals surface area contributed by atoms with Crippen LogP contribution in [0.15, 0.2) is 23.6 Å². The standard InChI is InChI=1S/C19H23N3O3S/c20-9-18-21-15(11-26-18)19(23)22(14-4-2-1-3-5-14)10-13-6-7-16-17(8-13)25-12-24-16/h6-8,11,14H,1-5,9-10,12,20H2. The molecule has 1 aliphatic carbocycles. The molecule has 0 unspecified atom stereocenters. The van der Waals surface area contributed by atoms with Gasteiger partial charge in [0.2, 0.25) is 6.79 Å². The molecule has 4 rings (SSSR count). The molecular weight excluding hydrogens is 350 g/mol. The van der Waals surface area contributed by atoms with Crippen molar-refractivity contribution in [1.29, 1.82) is 0 Å². The number of benzene rings is 1. The number of hydrogen-bond acceptors (Lipinski definition) is 6. The highest BCUT2D eigenvalue weighted by Crippen LogP contribution is 2.34. The highest BCUT2D eigenvalue weighted by atomic mass is 32.1. The number of nitrogens with zero attached hydrogens (tertiary/aromatic N) is 2. The highest BCUT2D eigenvalue weighted by molar-refractivity contribution is 7.09. The van der Waals surface area contributed by atoms with E-state index in [2.05, 4.69) is 4.98 Å². The summed E-state index contributed by atoms with van der Waals surface area (Å²) in [6.07, 6.45) is 5.67. The molecule has 1 aliphatic heterocycles. The van der Waals surface area contributed by atoms with Gasteiger partial charge >= 0.3 is 0 Å². The average molecular weight is 373 g/mol. The summed E-state index contributed by atoms with van der Waals surface area (Å²) in [5, 5.41) is 2.61. The van der Waals surface area contributed by atoms with Gasteiger partial charge in [-0.1, -0.05) is 25.3 Å². The van der Waals surface area contributed by atoms with E-state index in [0.717, 1.165) is 34.9 Å². The lowest BCUT2D eigenvalue weighted by molar-refractivity contribution is 0.0608. The second kappa shape index (κ2) is 7.63. The van der Waals surface area contributed by atoms with Gasteiger partial charge < -0.3 is 20.1 Å². The quantitative estimate of drug-likeness (QED) is 0.870. The van der Waals surface area contributed by atoms with Gasteiger partial charge in [-0.3, -0.25) is 4.79 Å². The van der Waals surface area contributed by atoms with Crippen molar-refractivity contribution in [2.45, 2.75) is 51.2 Å². The second-order valence-electron chi connectivity index (χ2n) is 6.74. The molecule has 0 saturated heterocycles. The summed E-state index contributed by atoms with van der Waals surface area (Å²) >= 11 is 1.44. The summed E-state index contributed by atoms with van der Waals surface area (Å²) < 4.78 is 10.9. The van der Waals surface area contributed by atoms with Crippen LogP contribution in [0.2, 0.25) is 0 Å². The maximum atomic E-state index is 13.2. The van der Waals surface area contributed by atoms with Gasteiger partial charge in [0.25, 0.3) is 5.91 Å². The first-order valence-electron chi connectivity index (χ1n) is 9.08. The fraction of sp³-hybridized carbons (Fsp3) is 0.474. The van der Waals surface area contributed by atoms with Crippen molar-refractivity contribution in [1.82, 2.24) is 9.88 Å². The molecule has 0 atom stereocenters. The summed E-state index contributed by atoms with van der Waals surface area (Å²) in [6.45, 7) is 1.17. The summed E-state index contributed by atoms with van der Waals surface area (Å²) in [5.74, 6) is 1.50. The molecule has 1 aromatic heterocycles. The second-order valence-corrected chi connectivity index (χ2v) is 7.69. The molecule has 1 aromatic carbocycles. The van der Waals surface area contributed by atoms with E-state index >= 15 is 0 Å².